The predicted octanol–water partition coefficient (Wildman–Crippen LogP) is 8.55. The van der Waals surface area contributed by atoms with Crippen LogP contribution < -0.4 is 4.72 Å². The molecule has 0 amide bonds. The van der Waals surface area contributed by atoms with Crippen LogP contribution in [0.15, 0.2) is 47.7 Å². The van der Waals surface area contributed by atoms with E-state index < -0.39 is 0 Å². The Hall–Kier alpha value is -2.80. The molecule has 1 N–H and O–H groups in total. The number of carbonyl (C=O) groups excluding carboxylic acids is 1. The van der Waals surface area contributed by atoms with E-state index in [4.69, 9.17) is 12.2 Å². The molecule has 2 saturated carbocycles. The molecule has 50 heavy (non-hydrogen) atoms. The van der Waals surface area contributed by atoms with E-state index in [-0.39, 0.29) is 11.5 Å². The summed E-state index contributed by atoms with van der Waals surface area (Å²) in [5, 5.41) is 9.69. The van der Waals surface area contributed by atoms with Crippen LogP contribution in [0.2, 0.25) is 0 Å². The van der Waals surface area contributed by atoms with Gasteiger partial charge in [0.25, 0.3) is 0 Å². The van der Waals surface area contributed by atoms with E-state index in [9.17, 15) is 10.1 Å². The Morgan fingerprint density at radius 3 is 2.54 bits per heavy atom. The fourth-order valence-electron chi connectivity index (χ4n) is 7.98. The quantitative estimate of drug-likeness (QED) is 0.0438. The van der Waals surface area contributed by atoms with Crippen molar-refractivity contribution >= 4 is 40.7 Å². The lowest BCUT2D eigenvalue weighted by Gasteiger charge is -2.43. The Labute approximate surface area is 311 Å². The molecule has 268 valence electrons. The molecule has 1 unspecified atom stereocenters. The van der Waals surface area contributed by atoms with E-state index in [1.807, 2.05) is 6.92 Å². The smallest absolute Gasteiger partial charge is 0.146 e. The maximum atomic E-state index is 11.7. The summed E-state index contributed by atoms with van der Waals surface area (Å²) in [5.41, 5.74) is 13.0. The molecule has 5 rings (SSSR count). The molecule has 0 aromatic heterocycles. The summed E-state index contributed by atoms with van der Waals surface area (Å²) in [6.07, 6.45) is 9.65. The zero-order chi connectivity index (χ0) is 36.0. The highest BCUT2D eigenvalue weighted by molar-refractivity contribution is 8.19. The zero-order valence-corrected chi connectivity index (χ0v) is 33.0. The summed E-state index contributed by atoms with van der Waals surface area (Å²) < 4.78 is 5.07. The molecule has 2 aromatic carbocycles. The van der Waals surface area contributed by atoms with Crippen LogP contribution >= 0.6 is 24.2 Å². The Morgan fingerprint density at radius 2 is 1.92 bits per heavy atom. The highest BCUT2D eigenvalue weighted by Gasteiger charge is 2.51. The molecule has 1 spiro atoms. The summed E-state index contributed by atoms with van der Waals surface area (Å²) in [5.74, 6) is 1.27. The van der Waals surface area contributed by atoms with Gasteiger partial charge in [0, 0.05) is 81.8 Å². The third-order valence-electron chi connectivity index (χ3n) is 11.3. The number of piperazine rings is 1. The number of carbonyl (C=O) groups is 1. The van der Waals surface area contributed by atoms with Crippen LogP contribution in [0, 0.1) is 24.2 Å². The van der Waals surface area contributed by atoms with Crippen LogP contribution in [-0.4, -0.2) is 71.5 Å². The first-order valence-corrected chi connectivity index (χ1v) is 19.8. The van der Waals surface area contributed by atoms with Crippen LogP contribution in [0.1, 0.15) is 111 Å². The average molecular weight is 712 g/mol. The van der Waals surface area contributed by atoms with Crippen molar-refractivity contribution in [3.05, 3.63) is 86.6 Å². The van der Waals surface area contributed by atoms with Crippen molar-refractivity contribution in [2.45, 2.75) is 104 Å². The maximum absolute atomic E-state index is 11.7. The van der Waals surface area contributed by atoms with E-state index in [0.717, 1.165) is 68.7 Å². The van der Waals surface area contributed by atoms with Crippen molar-refractivity contribution < 1.29 is 4.79 Å². The lowest BCUT2D eigenvalue weighted by Crippen LogP contribution is -2.54. The van der Waals surface area contributed by atoms with Crippen LogP contribution in [0.25, 0.3) is 5.57 Å². The highest BCUT2D eigenvalue weighted by atomic mass is 32.2. The molecule has 8 heteroatoms. The number of allylic oxidation sites excluding steroid dienone is 3. The molecule has 0 bridgehead atoms. The van der Waals surface area contributed by atoms with Crippen LogP contribution in [0.5, 0.6) is 0 Å². The van der Waals surface area contributed by atoms with E-state index in [1.165, 1.54) is 76.6 Å². The lowest BCUT2D eigenvalue weighted by molar-refractivity contribution is -0.104. The summed E-state index contributed by atoms with van der Waals surface area (Å²) >= 11 is 6.50. The Bertz CT molecular complexity index is 1650. The Balaban J connectivity index is 1.37. The largest absolute Gasteiger partial charge is 0.383 e. The van der Waals surface area contributed by atoms with Crippen molar-refractivity contribution in [1.82, 2.24) is 19.4 Å². The molecule has 2 aliphatic carbocycles. The summed E-state index contributed by atoms with van der Waals surface area (Å²) in [6.45, 7) is 16.8. The number of nitrogens with one attached hydrogen (secondary N) is 1. The van der Waals surface area contributed by atoms with Crippen LogP contribution in [-0.2, 0) is 24.3 Å². The SMILES string of the molecule is C/C(C=O)=C(\C)C(=CN(C)C)c1cc(C)c(CN2CCN(Cc3cccc(C(CC#N)C(C)C)c3CCNSC=S)CC23CC3)c(C2CC2)c1. The second kappa shape index (κ2) is 17.1. The number of hydrogen-bond donors (Lipinski definition) is 1. The van der Waals surface area contributed by atoms with Gasteiger partial charge in [-0.15, -0.1) is 0 Å². The average Bonchev–Trinajstić information content (AvgIpc) is 4.03. The minimum absolute atomic E-state index is 0.235. The number of thiocarbonyl (C=S) groups is 1. The van der Waals surface area contributed by atoms with Gasteiger partial charge in [0.1, 0.15) is 6.29 Å². The number of aryl methyl sites for hydroxylation is 1. The van der Waals surface area contributed by atoms with E-state index >= 15 is 0 Å². The summed E-state index contributed by atoms with van der Waals surface area (Å²) in [7, 11) is 4.10. The van der Waals surface area contributed by atoms with Gasteiger partial charge in [0.2, 0.25) is 0 Å². The fraction of sp³-hybridized carbons (Fsp3) is 0.548. The number of hydrogen-bond acceptors (Lipinski definition) is 8. The van der Waals surface area contributed by atoms with Gasteiger partial charge in [-0.3, -0.25) is 19.3 Å². The first-order chi connectivity index (χ1) is 24.0. The molecule has 3 fully saturated rings. The standard InChI is InChI=1S/C42H57N5OS2/c1-29(2)36(13-17-43)38-10-8-9-34(37(38)14-18-44-50-28-49)23-46-19-20-47(42(27-46)15-16-42)25-40-30(3)21-35(22-39(40)33-11-12-33)41(24-45(6)7)32(5)31(4)26-48/h8-10,21-22,24,26,28-29,33,36,44H,11-16,18-20,23,25,27H2,1-7H3/b32-31-,41-24?. The van der Waals surface area contributed by atoms with Gasteiger partial charge in [-0.05, 0) is 133 Å². The number of rotatable bonds is 17. The van der Waals surface area contributed by atoms with E-state index in [0.29, 0.717) is 18.3 Å². The first kappa shape index (κ1) is 38.4. The zero-order valence-electron chi connectivity index (χ0n) is 31.3. The van der Waals surface area contributed by atoms with Gasteiger partial charge in [-0.1, -0.05) is 56.4 Å². The molecule has 6 nitrogen and oxygen atoms in total. The number of nitrogens with zero attached hydrogens (tertiary/aromatic N) is 4. The van der Waals surface area contributed by atoms with Crippen LogP contribution in [0.3, 0.4) is 0 Å². The minimum Gasteiger partial charge on any atom is -0.383 e. The predicted molar refractivity (Wildman–Crippen MR) is 214 cm³/mol. The molecule has 0 radical (unpaired) electrons. The summed E-state index contributed by atoms with van der Waals surface area (Å²) in [6, 6.07) is 14.1. The van der Waals surface area contributed by atoms with Crippen LogP contribution in [0.4, 0.5) is 0 Å². The molecule has 1 atom stereocenters. The van der Waals surface area contributed by atoms with Gasteiger partial charge in [0.15, 0.2) is 0 Å². The molecule has 1 aliphatic heterocycles. The van der Waals surface area contributed by atoms with Gasteiger partial charge in [-0.2, -0.15) is 5.26 Å². The highest BCUT2D eigenvalue weighted by Crippen LogP contribution is 2.48. The van der Waals surface area contributed by atoms with Crippen molar-refractivity contribution in [2.75, 3.05) is 40.3 Å². The Kier molecular flexibility index (Phi) is 13.2. The first-order valence-electron chi connectivity index (χ1n) is 18.4. The second-order valence-electron chi connectivity index (χ2n) is 15.5. The Morgan fingerprint density at radius 1 is 1.16 bits per heavy atom. The minimum atomic E-state index is 0.235. The topological polar surface area (TPSA) is 62.6 Å². The fourth-order valence-corrected chi connectivity index (χ4v) is 8.47. The van der Waals surface area contributed by atoms with Gasteiger partial charge in [-0.25, -0.2) is 0 Å². The van der Waals surface area contributed by atoms with E-state index in [1.54, 1.807) is 4.70 Å². The molecule has 2 aromatic rings. The molecular formula is C42H57N5OS2. The molecule has 3 aliphatic rings. The number of benzene rings is 2. The third kappa shape index (κ3) is 9.16. The number of nitriles is 1. The second-order valence-corrected chi connectivity index (χ2v) is 16.8. The van der Waals surface area contributed by atoms with E-state index in [2.05, 4.69) is 104 Å². The number of aldehydes is 1. The monoisotopic (exact) mass is 711 g/mol. The summed E-state index contributed by atoms with van der Waals surface area (Å²) in [4.78, 5) is 19.3. The lowest BCUT2D eigenvalue weighted by atomic mass is 9.81. The van der Waals surface area contributed by atoms with Crippen molar-refractivity contribution in [2.24, 2.45) is 5.92 Å². The molecule has 1 saturated heterocycles. The van der Waals surface area contributed by atoms with Gasteiger partial charge < -0.3 is 4.90 Å². The van der Waals surface area contributed by atoms with Crippen molar-refractivity contribution in [3.63, 3.8) is 0 Å². The molecule has 1 heterocycles. The van der Waals surface area contributed by atoms with Gasteiger partial charge in [0.05, 0.1) is 6.07 Å². The van der Waals surface area contributed by atoms with Crippen molar-refractivity contribution in [1.29, 1.82) is 5.26 Å². The maximum Gasteiger partial charge on any atom is 0.146 e. The normalized spacial score (nSPS) is 18.9. The third-order valence-corrected chi connectivity index (χ3v) is 12.0. The van der Waals surface area contributed by atoms with Crippen molar-refractivity contribution in [3.8, 4) is 6.07 Å². The van der Waals surface area contributed by atoms with Gasteiger partial charge >= 0.3 is 0 Å². The molecular weight excluding hydrogens is 655 g/mol.